The van der Waals surface area contributed by atoms with E-state index in [1.807, 2.05) is 49.4 Å². The topological polar surface area (TPSA) is 89.2 Å². The Morgan fingerprint density at radius 2 is 1.70 bits per heavy atom. The first-order valence-corrected chi connectivity index (χ1v) is 12.3. The number of aryl methyl sites for hydroxylation is 1. The Labute approximate surface area is 191 Å². The molecule has 2 aliphatic heterocycles. The van der Waals surface area contributed by atoms with Crippen molar-refractivity contribution < 1.29 is 8.42 Å². The van der Waals surface area contributed by atoms with Gasteiger partial charge in [0.25, 0.3) is 0 Å². The van der Waals surface area contributed by atoms with Crippen LogP contribution in [0.2, 0.25) is 0 Å². The van der Waals surface area contributed by atoms with Crippen molar-refractivity contribution in [1.82, 2.24) is 20.2 Å². The van der Waals surface area contributed by atoms with E-state index in [1.54, 1.807) is 22.9 Å². The molecule has 7 nitrogen and oxygen atoms in total. The lowest BCUT2D eigenvalue weighted by molar-refractivity contribution is 0.486. The second-order valence-corrected chi connectivity index (χ2v) is 10.2. The van der Waals surface area contributed by atoms with Crippen molar-refractivity contribution in [2.75, 3.05) is 0 Å². The largest absolute Gasteiger partial charge is 0.303 e. The van der Waals surface area contributed by atoms with E-state index >= 15 is 0 Å². The van der Waals surface area contributed by atoms with Crippen LogP contribution in [0.25, 0.3) is 11.1 Å². The Morgan fingerprint density at radius 3 is 2.55 bits per heavy atom. The second kappa shape index (κ2) is 7.47. The highest BCUT2D eigenvalue weighted by Gasteiger charge is 2.34. The van der Waals surface area contributed by atoms with Gasteiger partial charge in [-0.2, -0.15) is 9.78 Å². The number of aromatic nitrogens is 3. The highest BCUT2D eigenvalue weighted by molar-refractivity contribution is 7.92. The first-order valence-electron chi connectivity index (χ1n) is 10.8. The zero-order valence-electron chi connectivity index (χ0n) is 17.9. The van der Waals surface area contributed by atoms with Crippen LogP contribution in [0, 0.1) is 6.92 Å². The molecule has 0 radical (unpaired) electrons. The van der Waals surface area contributed by atoms with Gasteiger partial charge in [0.1, 0.15) is 0 Å². The average Bonchev–Trinajstić information content (AvgIpc) is 3.33. The predicted octanol–water partition coefficient (Wildman–Crippen LogP) is 3.89. The third-order valence-electron chi connectivity index (χ3n) is 6.22. The highest BCUT2D eigenvalue weighted by Crippen LogP contribution is 2.43. The van der Waals surface area contributed by atoms with Crippen LogP contribution in [0.1, 0.15) is 35.2 Å². The molecule has 0 bridgehead atoms. The molecule has 0 amide bonds. The van der Waals surface area contributed by atoms with Crippen molar-refractivity contribution in [1.29, 1.82) is 0 Å². The van der Waals surface area contributed by atoms with Gasteiger partial charge in [-0.25, -0.2) is 8.42 Å². The van der Waals surface area contributed by atoms with Crippen molar-refractivity contribution in [2.45, 2.75) is 35.7 Å². The molecule has 8 heteroatoms. The van der Waals surface area contributed by atoms with E-state index in [1.165, 1.54) is 5.56 Å². The molecule has 4 aromatic rings. The van der Waals surface area contributed by atoms with E-state index in [0.29, 0.717) is 28.6 Å². The molecule has 164 valence electrons. The third-order valence-corrected chi connectivity index (χ3v) is 8.09. The maximum Gasteiger partial charge on any atom is 0.207 e. The Kier molecular flexibility index (Phi) is 4.53. The Bertz CT molecular complexity index is 1520. The molecule has 1 unspecified atom stereocenters. The van der Waals surface area contributed by atoms with Crippen LogP contribution in [-0.4, -0.2) is 29.0 Å². The molecule has 0 saturated carbocycles. The lowest BCUT2D eigenvalue weighted by Gasteiger charge is -2.24. The molecule has 33 heavy (non-hydrogen) atoms. The van der Waals surface area contributed by atoms with Gasteiger partial charge in [0.05, 0.1) is 21.5 Å². The molecular formula is C25H21N5O2S. The van der Waals surface area contributed by atoms with Crippen molar-refractivity contribution in [3.05, 3.63) is 95.6 Å². The lowest BCUT2D eigenvalue weighted by atomic mass is 9.97. The fourth-order valence-electron chi connectivity index (χ4n) is 4.53. The summed E-state index contributed by atoms with van der Waals surface area (Å²) in [6.07, 6.45) is 0.623. The first-order chi connectivity index (χ1) is 16.0. The minimum atomic E-state index is -3.49. The normalized spacial score (nSPS) is 17.7. The van der Waals surface area contributed by atoms with E-state index in [-0.39, 0.29) is 6.04 Å². The Morgan fingerprint density at radius 1 is 0.939 bits per heavy atom. The summed E-state index contributed by atoms with van der Waals surface area (Å²) >= 11 is 0. The average molecular weight is 456 g/mol. The fourth-order valence-corrected chi connectivity index (χ4v) is 6.20. The summed E-state index contributed by atoms with van der Waals surface area (Å²) in [4.78, 5) is 0.714. The number of rotatable bonds is 4. The number of nitrogens with one attached hydrogen (secondary N) is 1. The molecule has 2 aliphatic rings. The van der Waals surface area contributed by atoms with Gasteiger partial charge in [0.2, 0.25) is 9.84 Å². The van der Waals surface area contributed by atoms with Gasteiger partial charge in [0.15, 0.2) is 11.6 Å². The summed E-state index contributed by atoms with van der Waals surface area (Å²) in [7, 11) is -3.49. The van der Waals surface area contributed by atoms with Crippen LogP contribution >= 0.6 is 0 Å². The summed E-state index contributed by atoms with van der Waals surface area (Å²) in [6, 6.07) is 22.8. The summed E-state index contributed by atoms with van der Waals surface area (Å²) in [5, 5.41) is 17.0. The van der Waals surface area contributed by atoms with Crippen LogP contribution < -0.4 is 5.32 Å². The van der Waals surface area contributed by atoms with Crippen LogP contribution in [0.3, 0.4) is 0 Å². The van der Waals surface area contributed by atoms with Crippen LogP contribution in [-0.2, 0) is 16.4 Å². The van der Waals surface area contributed by atoms with Crippen molar-refractivity contribution in [3.8, 4) is 11.1 Å². The maximum atomic E-state index is 12.9. The van der Waals surface area contributed by atoms with Crippen LogP contribution in [0.5, 0.6) is 0 Å². The van der Waals surface area contributed by atoms with Gasteiger partial charge in [-0.3, -0.25) is 0 Å². The number of fused-ring (bicyclic) bond motifs is 4. The zero-order valence-corrected chi connectivity index (χ0v) is 18.7. The smallest absolute Gasteiger partial charge is 0.207 e. The zero-order chi connectivity index (χ0) is 22.6. The molecular weight excluding hydrogens is 434 g/mol. The number of benzene rings is 3. The summed E-state index contributed by atoms with van der Waals surface area (Å²) in [6.45, 7) is 2.57. The monoisotopic (exact) mass is 455 g/mol. The number of hydrogen-bond donors (Lipinski definition) is 1. The maximum absolute atomic E-state index is 12.9. The Hall–Kier alpha value is -3.62. The van der Waals surface area contributed by atoms with Gasteiger partial charge in [-0.15, -0.1) is 10.2 Å². The van der Waals surface area contributed by atoms with Crippen molar-refractivity contribution in [3.63, 3.8) is 0 Å². The highest BCUT2D eigenvalue weighted by atomic mass is 32.2. The van der Waals surface area contributed by atoms with E-state index < -0.39 is 9.84 Å². The van der Waals surface area contributed by atoms with Gasteiger partial charge >= 0.3 is 0 Å². The molecule has 0 saturated heterocycles. The molecule has 1 atom stereocenters. The lowest BCUT2D eigenvalue weighted by Crippen LogP contribution is -2.30. The van der Waals surface area contributed by atoms with Gasteiger partial charge < -0.3 is 5.32 Å². The first kappa shape index (κ1) is 20.0. The van der Waals surface area contributed by atoms with E-state index in [2.05, 4.69) is 27.6 Å². The Balaban J connectivity index is 1.39. The number of nitrogens with zero attached hydrogens (tertiary/aromatic N) is 4. The summed E-state index contributed by atoms with van der Waals surface area (Å²) in [5.41, 5.74) is 4.41. The van der Waals surface area contributed by atoms with Gasteiger partial charge in [-0.1, -0.05) is 54.6 Å². The van der Waals surface area contributed by atoms with Gasteiger partial charge in [0, 0.05) is 24.1 Å². The third kappa shape index (κ3) is 3.21. The molecule has 3 heterocycles. The van der Waals surface area contributed by atoms with E-state index in [0.717, 1.165) is 28.2 Å². The SMILES string of the molecule is Cc1nnc2n1N=C(c1ccc3c(c1)-c1ccccc1S3(=O)=O)CC2NCc1ccccc1. The quantitative estimate of drug-likeness (QED) is 0.444. The number of hydrogen-bond acceptors (Lipinski definition) is 6. The van der Waals surface area contributed by atoms with E-state index in [4.69, 9.17) is 5.10 Å². The standard InChI is InChI=1S/C25H21N5O2S/c1-16-27-28-25-22(26-15-17-7-3-2-4-8-17)14-21(29-30(16)25)18-11-12-24-20(13-18)19-9-5-6-10-23(19)33(24,31)32/h2-13,22,26H,14-15H2,1H3. The minimum Gasteiger partial charge on any atom is -0.303 e. The van der Waals surface area contributed by atoms with Crippen molar-refractivity contribution >= 4 is 15.5 Å². The molecule has 0 aliphatic carbocycles. The van der Waals surface area contributed by atoms with Crippen LogP contribution in [0.15, 0.2) is 87.7 Å². The fraction of sp³-hybridized carbons (Fsp3) is 0.160. The molecule has 0 fully saturated rings. The number of sulfone groups is 1. The summed E-state index contributed by atoms with van der Waals surface area (Å²) < 4.78 is 27.7. The second-order valence-electron chi connectivity index (χ2n) is 8.30. The molecule has 6 rings (SSSR count). The molecule has 3 aromatic carbocycles. The van der Waals surface area contributed by atoms with E-state index in [9.17, 15) is 8.42 Å². The predicted molar refractivity (Wildman–Crippen MR) is 125 cm³/mol. The van der Waals surface area contributed by atoms with Crippen molar-refractivity contribution in [2.24, 2.45) is 5.10 Å². The molecule has 1 aromatic heterocycles. The summed E-state index contributed by atoms with van der Waals surface area (Å²) in [5.74, 6) is 1.49. The molecule has 1 N–H and O–H groups in total. The molecule has 0 spiro atoms. The van der Waals surface area contributed by atoms with Crippen LogP contribution in [0.4, 0.5) is 0 Å². The van der Waals surface area contributed by atoms with Gasteiger partial charge in [-0.05, 0) is 36.2 Å². The minimum absolute atomic E-state index is 0.0665.